The zero-order valence-electron chi connectivity index (χ0n) is 13.5. The van der Waals surface area contributed by atoms with Crippen LogP contribution in [0.15, 0.2) is 23.1 Å². The smallest absolute Gasteiger partial charge is 0.355 e. The molecule has 3 heterocycles. The summed E-state index contributed by atoms with van der Waals surface area (Å²) in [7, 11) is 1.47. The number of halogens is 3. The van der Waals surface area contributed by atoms with Crippen molar-refractivity contribution >= 4 is 34.2 Å². The van der Waals surface area contributed by atoms with Crippen LogP contribution in [-0.4, -0.2) is 26.6 Å². The van der Waals surface area contributed by atoms with E-state index in [9.17, 15) is 9.18 Å². The van der Waals surface area contributed by atoms with Gasteiger partial charge in [0.2, 0.25) is 0 Å². The van der Waals surface area contributed by atoms with E-state index in [0.29, 0.717) is 17.1 Å². The van der Waals surface area contributed by atoms with Crippen molar-refractivity contribution in [1.82, 2.24) is 19.5 Å². The Morgan fingerprint density at radius 2 is 1.96 bits per heavy atom. The van der Waals surface area contributed by atoms with Crippen LogP contribution in [0.3, 0.4) is 0 Å². The van der Waals surface area contributed by atoms with Gasteiger partial charge in [-0.2, -0.15) is 4.98 Å². The van der Waals surface area contributed by atoms with E-state index in [1.54, 1.807) is 12.3 Å². The summed E-state index contributed by atoms with van der Waals surface area (Å²) in [5, 5.41) is -0.381. The van der Waals surface area contributed by atoms with E-state index in [1.807, 2.05) is 13.8 Å². The molecule has 0 aliphatic carbocycles. The minimum Gasteiger partial charge on any atom is -0.494 e. The van der Waals surface area contributed by atoms with Crippen LogP contribution in [0.4, 0.5) is 4.39 Å². The van der Waals surface area contributed by atoms with Gasteiger partial charge in [-0.15, -0.1) is 0 Å². The predicted molar refractivity (Wildman–Crippen MR) is 93.5 cm³/mol. The maximum atomic E-state index is 13.8. The molecule has 0 radical (unpaired) electrons. The number of pyridine rings is 2. The molecular weight excluding hydrogens is 370 g/mol. The van der Waals surface area contributed by atoms with Crippen molar-refractivity contribution in [3.8, 4) is 11.4 Å². The number of hydrogen-bond donors (Lipinski definition) is 0. The Morgan fingerprint density at radius 3 is 2.60 bits per heavy atom. The molecule has 0 aliphatic heterocycles. The fourth-order valence-electron chi connectivity index (χ4n) is 2.53. The summed E-state index contributed by atoms with van der Waals surface area (Å²) >= 11 is 11.8. The molecule has 0 amide bonds. The van der Waals surface area contributed by atoms with E-state index in [4.69, 9.17) is 27.9 Å². The first-order valence-electron chi connectivity index (χ1n) is 7.32. The first-order valence-corrected chi connectivity index (χ1v) is 8.08. The van der Waals surface area contributed by atoms with Crippen LogP contribution >= 0.6 is 23.2 Å². The zero-order valence-corrected chi connectivity index (χ0v) is 15.1. The summed E-state index contributed by atoms with van der Waals surface area (Å²) in [6.45, 7) is 3.84. The quantitative estimate of drug-likeness (QED) is 0.509. The van der Waals surface area contributed by atoms with Crippen molar-refractivity contribution in [2.45, 2.75) is 19.8 Å². The molecule has 130 valence electrons. The fourth-order valence-corrected chi connectivity index (χ4v) is 2.88. The lowest BCUT2D eigenvalue weighted by atomic mass is 10.1. The maximum absolute atomic E-state index is 13.8. The summed E-state index contributed by atoms with van der Waals surface area (Å²) in [4.78, 5) is 24.7. The van der Waals surface area contributed by atoms with Crippen LogP contribution in [0.25, 0.3) is 16.7 Å². The van der Waals surface area contributed by atoms with Crippen molar-refractivity contribution in [3.63, 3.8) is 0 Å². The van der Waals surface area contributed by atoms with Gasteiger partial charge in [-0.05, 0) is 12.0 Å². The molecule has 3 aromatic rings. The minimum atomic E-state index is -0.759. The summed E-state index contributed by atoms with van der Waals surface area (Å²) in [6.07, 6.45) is 1.58. The molecule has 3 rings (SSSR count). The molecule has 0 aliphatic rings. The normalized spacial score (nSPS) is 11.3. The average molecular weight is 383 g/mol. The number of ether oxygens (including phenoxy) is 1. The van der Waals surface area contributed by atoms with Crippen molar-refractivity contribution in [2.75, 3.05) is 7.11 Å². The van der Waals surface area contributed by atoms with Gasteiger partial charge in [0.15, 0.2) is 16.6 Å². The summed E-state index contributed by atoms with van der Waals surface area (Å²) in [5.41, 5.74) is 0.342. The molecule has 0 atom stereocenters. The number of aromatic nitrogens is 4. The van der Waals surface area contributed by atoms with Crippen LogP contribution in [0.1, 0.15) is 25.5 Å². The van der Waals surface area contributed by atoms with Crippen molar-refractivity contribution < 1.29 is 9.13 Å². The average Bonchev–Trinajstić information content (AvgIpc) is 2.56. The number of nitrogens with zero attached hydrogens (tertiary/aromatic N) is 4. The molecule has 0 bridgehead atoms. The van der Waals surface area contributed by atoms with Crippen LogP contribution in [-0.2, 0) is 0 Å². The van der Waals surface area contributed by atoms with E-state index < -0.39 is 11.5 Å². The van der Waals surface area contributed by atoms with E-state index in [1.165, 1.54) is 11.7 Å². The molecule has 9 heteroatoms. The molecule has 0 aromatic carbocycles. The van der Waals surface area contributed by atoms with E-state index in [0.717, 1.165) is 6.07 Å². The van der Waals surface area contributed by atoms with Gasteiger partial charge in [0.05, 0.1) is 18.2 Å². The topological polar surface area (TPSA) is 69.9 Å². The third-order valence-electron chi connectivity index (χ3n) is 3.64. The second kappa shape index (κ2) is 6.57. The second-order valence-corrected chi connectivity index (χ2v) is 6.27. The SMILES string of the molecule is COc1ccnc(C(C)C)c1-n1c(=O)nc(Cl)c2cc(F)c(Cl)nc21. The molecule has 0 spiro atoms. The summed E-state index contributed by atoms with van der Waals surface area (Å²) in [6, 6.07) is 2.70. The third kappa shape index (κ3) is 2.94. The van der Waals surface area contributed by atoms with Gasteiger partial charge in [0.25, 0.3) is 0 Å². The summed E-state index contributed by atoms with van der Waals surface area (Å²) < 4.78 is 20.4. The fraction of sp³-hybridized carbons (Fsp3) is 0.250. The Labute approximate surface area is 152 Å². The van der Waals surface area contributed by atoms with Crippen LogP contribution < -0.4 is 10.4 Å². The number of fused-ring (bicyclic) bond motifs is 1. The summed E-state index contributed by atoms with van der Waals surface area (Å²) in [5.74, 6) is -0.391. The van der Waals surface area contributed by atoms with Crippen LogP contribution in [0.5, 0.6) is 5.75 Å². The number of methoxy groups -OCH3 is 1. The van der Waals surface area contributed by atoms with Crippen molar-refractivity contribution in [1.29, 1.82) is 0 Å². The highest BCUT2D eigenvalue weighted by Gasteiger charge is 2.22. The van der Waals surface area contributed by atoms with Crippen LogP contribution in [0, 0.1) is 5.82 Å². The Bertz CT molecular complexity index is 1040. The van der Waals surface area contributed by atoms with Gasteiger partial charge in [-0.3, -0.25) is 4.98 Å². The lowest BCUT2D eigenvalue weighted by Crippen LogP contribution is -2.25. The molecule has 0 fully saturated rings. The van der Waals surface area contributed by atoms with Gasteiger partial charge in [-0.25, -0.2) is 18.7 Å². The third-order valence-corrected chi connectivity index (χ3v) is 4.19. The minimum absolute atomic E-state index is 0.0290. The lowest BCUT2D eigenvalue weighted by Gasteiger charge is -2.18. The van der Waals surface area contributed by atoms with Crippen LogP contribution in [0.2, 0.25) is 10.3 Å². The van der Waals surface area contributed by atoms with Gasteiger partial charge < -0.3 is 4.74 Å². The van der Waals surface area contributed by atoms with Gasteiger partial charge in [-0.1, -0.05) is 37.0 Å². The zero-order chi connectivity index (χ0) is 18.3. The highest BCUT2D eigenvalue weighted by Crippen LogP contribution is 2.32. The van der Waals surface area contributed by atoms with E-state index >= 15 is 0 Å². The molecule has 0 saturated carbocycles. The Hall–Kier alpha value is -2.25. The second-order valence-electron chi connectivity index (χ2n) is 5.55. The van der Waals surface area contributed by atoms with E-state index in [2.05, 4.69) is 15.0 Å². The first kappa shape index (κ1) is 17.6. The van der Waals surface area contributed by atoms with Gasteiger partial charge in [0, 0.05) is 12.3 Å². The lowest BCUT2D eigenvalue weighted by molar-refractivity contribution is 0.410. The highest BCUT2D eigenvalue weighted by atomic mass is 35.5. The first-order chi connectivity index (χ1) is 11.8. The molecule has 25 heavy (non-hydrogen) atoms. The predicted octanol–water partition coefficient (Wildman–Crippen LogP) is 3.75. The van der Waals surface area contributed by atoms with Gasteiger partial charge >= 0.3 is 5.69 Å². The number of hydrogen-bond acceptors (Lipinski definition) is 5. The molecule has 0 unspecified atom stereocenters. The molecule has 6 nitrogen and oxygen atoms in total. The monoisotopic (exact) mass is 382 g/mol. The van der Waals surface area contributed by atoms with E-state index in [-0.39, 0.29) is 27.3 Å². The Morgan fingerprint density at radius 1 is 1.24 bits per heavy atom. The Balaban J connectivity index is 2.54. The molecule has 3 aromatic heterocycles. The highest BCUT2D eigenvalue weighted by molar-refractivity contribution is 6.34. The Kier molecular flexibility index (Phi) is 4.62. The maximum Gasteiger partial charge on any atom is 0.355 e. The molecular formula is C16H13Cl2FN4O2. The van der Waals surface area contributed by atoms with Crippen molar-refractivity contribution in [3.05, 3.63) is 50.6 Å². The largest absolute Gasteiger partial charge is 0.494 e. The van der Waals surface area contributed by atoms with Gasteiger partial charge in [0.1, 0.15) is 16.6 Å². The molecule has 0 saturated heterocycles. The standard InChI is InChI=1S/C16H13Cl2FN4O2/c1-7(2)11-12(10(25-3)4-5-20-11)23-15-8(13(17)22-16(23)24)6-9(19)14(18)21-15/h4-7H,1-3H3. The van der Waals surface area contributed by atoms with Crippen molar-refractivity contribution in [2.24, 2.45) is 0 Å². The molecule has 0 N–H and O–H groups in total. The number of rotatable bonds is 3.